The fourth-order valence-corrected chi connectivity index (χ4v) is 3.25. The van der Waals surface area contributed by atoms with Crippen molar-refractivity contribution in [1.29, 1.82) is 0 Å². The Hall–Kier alpha value is -0.960. The maximum atomic E-state index is 12.2. The van der Waals surface area contributed by atoms with Crippen molar-refractivity contribution in [2.24, 2.45) is 5.92 Å². The predicted molar refractivity (Wildman–Crippen MR) is 82.3 cm³/mol. The minimum atomic E-state index is -1.04. The van der Waals surface area contributed by atoms with Crippen LogP contribution in [0.5, 0.6) is 0 Å². The van der Waals surface area contributed by atoms with E-state index in [0.717, 1.165) is 23.1 Å². The van der Waals surface area contributed by atoms with E-state index in [0.29, 0.717) is 11.7 Å². The monoisotopic (exact) mass is 280 g/mol. The summed E-state index contributed by atoms with van der Waals surface area (Å²) >= 11 is 0. The zero-order chi connectivity index (χ0) is 14.6. The van der Waals surface area contributed by atoms with Crippen molar-refractivity contribution in [3.8, 4) is 0 Å². The lowest BCUT2D eigenvalue weighted by Gasteiger charge is -2.09. The van der Waals surface area contributed by atoms with Gasteiger partial charge in [-0.25, -0.2) is 0 Å². The molecule has 0 spiro atoms. The highest BCUT2D eigenvalue weighted by Gasteiger charge is 2.14. The fourth-order valence-electron chi connectivity index (χ4n) is 1.92. The molecule has 1 atom stereocenters. The molecule has 19 heavy (non-hydrogen) atoms. The molecule has 1 aromatic rings. The highest BCUT2D eigenvalue weighted by molar-refractivity contribution is 7.85. The van der Waals surface area contributed by atoms with E-state index < -0.39 is 10.8 Å². The average Bonchev–Trinajstić information content (AvgIpc) is 2.31. The van der Waals surface area contributed by atoms with Crippen LogP contribution in [0, 0.1) is 26.7 Å². The number of Topliss-reactive ketones (excluding diaryl/α,β-unsaturated/α-hetero) is 1. The Balaban J connectivity index is 2.73. The zero-order valence-electron chi connectivity index (χ0n) is 12.6. The number of ketones is 1. The Morgan fingerprint density at radius 1 is 1.11 bits per heavy atom. The average molecular weight is 280 g/mol. The summed E-state index contributed by atoms with van der Waals surface area (Å²) in [6.07, 6.45) is 0.909. The van der Waals surface area contributed by atoms with Gasteiger partial charge in [-0.2, -0.15) is 0 Å². The molecule has 0 aliphatic carbocycles. The molecule has 0 saturated carbocycles. The van der Waals surface area contributed by atoms with E-state index in [1.807, 2.05) is 32.9 Å². The third kappa shape index (κ3) is 4.90. The molecule has 1 aromatic carbocycles. The summed E-state index contributed by atoms with van der Waals surface area (Å²) in [5.41, 5.74) is 4.01. The number of rotatable bonds is 6. The summed E-state index contributed by atoms with van der Waals surface area (Å²) in [6, 6.07) is 3.95. The maximum Gasteiger partial charge on any atom is 0.175 e. The number of hydrogen-bond acceptors (Lipinski definition) is 2. The number of hydrogen-bond donors (Lipinski definition) is 0. The van der Waals surface area contributed by atoms with Crippen molar-refractivity contribution in [3.63, 3.8) is 0 Å². The van der Waals surface area contributed by atoms with Crippen molar-refractivity contribution >= 4 is 16.6 Å². The van der Waals surface area contributed by atoms with Gasteiger partial charge in [0, 0.05) is 22.1 Å². The second kappa shape index (κ2) is 6.99. The van der Waals surface area contributed by atoms with Gasteiger partial charge in [0.15, 0.2) is 5.78 Å². The normalized spacial score (nSPS) is 12.7. The van der Waals surface area contributed by atoms with Crippen LogP contribution in [-0.4, -0.2) is 21.5 Å². The minimum absolute atomic E-state index is 0.00249. The Labute approximate surface area is 119 Å². The summed E-state index contributed by atoms with van der Waals surface area (Å²) in [7, 11) is -1.04. The van der Waals surface area contributed by atoms with Crippen molar-refractivity contribution in [1.82, 2.24) is 0 Å². The summed E-state index contributed by atoms with van der Waals surface area (Å²) in [5, 5.41) is 0. The van der Waals surface area contributed by atoms with Crippen LogP contribution in [0.1, 0.15) is 47.3 Å². The molecule has 0 saturated heterocycles. The lowest BCUT2D eigenvalue weighted by atomic mass is 9.99. The van der Waals surface area contributed by atoms with Crippen molar-refractivity contribution in [2.75, 3.05) is 11.5 Å². The lowest BCUT2D eigenvalue weighted by molar-refractivity contribution is 0.102. The van der Waals surface area contributed by atoms with Crippen LogP contribution in [0.25, 0.3) is 0 Å². The number of benzene rings is 1. The van der Waals surface area contributed by atoms with Gasteiger partial charge in [0.2, 0.25) is 0 Å². The molecule has 0 aliphatic rings. The van der Waals surface area contributed by atoms with Crippen LogP contribution in [0.4, 0.5) is 0 Å². The van der Waals surface area contributed by atoms with Gasteiger partial charge >= 0.3 is 0 Å². The van der Waals surface area contributed by atoms with Crippen LogP contribution >= 0.6 is 0 Å². The number of aryl methyl sites for hydroxylation is 3. The molecule has 0 aliphatic heterocycles. The first kappa shape index (κ1) is 16.1. The van der Waals surface area contributed by atoms with Crippen LogP contribution < -0.4 is 0 Å². The topological polar surface area (TPSA) is 34.1 Å². The Kier molecular flexibility index (Phi) is 5.92. The molecule has 0 amide bonds. The first-order chi connectivity index (χ1) is 8.81. The summed E-state index contributed by atoms with van der Waals surface area (Å²) < 4.78 is 11.9. The smallest absolute Gasteiger partial charge is 0.175 e. The van der Waals surface area contributed by atoms with Crippen LogP contribution in [0.15, 0.2) is 12.1 Å². The van der Waals surface area contributed by atoms with E-state index in [2.05, 4.69) is 13.8 Å². The summed E-state index contributed by atoms with van der Waals surface area (Å²) in [5.74, 6) is 1.30. The minimum Gasteiger partial charge on any atom is -0.293 e. The highest BCUT2D eigenvalue weighted by atomic mass is 32.2. The molecule has 0 aromatic heterocycles. The van der Waals surface area contributed by atoms with E-state index in [1.54, 1.807) is 0 Å². The Bertz CT molecular complexity index is 490. The van der Waals surface area contributed by atoms with Gasteiger partial charge in [-0.3, -0.25) is 9.00 Å². The largest absolute Gasteiger partial charge is 0.293 e. The third-order valence-electron chi connectivity index (χ3n) is 3.36. The molecule has 0 heterocycles. The first-order valence-corrected chi connectivity index (χ1v) is 8.26. The van der Waals surface area contributed by atoms with Crippen LogP contribution in [-0.2, 0) is 10.8 Å². The van der Waals surface area contributed by atoms with Gasteiger partial charge < -0.3 is 0 Å². The van der Waals surface area contributed by atoms with E-state index in [4.69, 9.17) is 0 Å². The number of carbonyl (C=O) groups is 1. The third-order valence-corrected chi connectivity index (χ3v) is 4.63. The molecule has 0 radical (unpaired) electrons. The highest BCUT2D eigenvalue weighted by Crippen LogP contribution is 2.16. The lowest BCUT2D eigenvalue weighted by Crippen LogP contribution is -2.15. The summed E-state index contributed by atoms with van der Waals surface area (Å²) in [4.78, 5) is 12.2. The Morgan fingerprint density at radius 2 is 1.68 bits per heavy atom. The quantitative estimate of drug-likeness (QED) is 0.746. The SMILES string of the molecule is Cc1cc(C)c(C(=O)CS(=O)CCC(C)C)cc1C. The second-order valence-corrected chi connectivity index (χ2v) is 7.22. The second-order valence-electron chi connectivity index (χ2n) is 5.65. The Morgan fingerprint density at radius 3 is 2.26 bits per heavy atom. The maximum absolute atomic E-state index is 12.2. The molecule has 0 N–H and O–H groups in total. The molecular formula is C16H24O2S. The molecule has 2 nitrogen and oxygen atoms in total. The van der Waals surface area contributed by atoms with Crippen molar-refractivity contribution in [3.05, 3.63) is 34.4 Å². The van der Waals surface area contributed by atoms with Crippen molar-refractivity contribution in [2.45, 2.75) is 41.0 Å². The van der Waals surface area contributed by atoms with E-state index >= 15 is 0 Å². The van der Waals surface area contributed by atoms with E-state index in [-0.39, 0.29) is 11.5 Å². The first-order valence-electron chi connectivity index (χ1n) is 6.77. The number of carbonyl (C=O) groups excluding carboxylic acids is 1. The van der Waals surface area contributed by atoms with Crippen LogP contribution in [0.3, 0.4) is 0 Å². The fraction of sp³-hybridized carbons (Fsp3) is 0.562. The molecule has 1 unspecified atom stereocenters. The van der Waals surface area contributed by atoms with Gasteiger partial charge in [-0.1, -0.05) is 19.9 Å². The van der Waals surface area contributed by atoms with Gasteiger partial charge in [0.1, 0.15) is 0 Å². The summed E-state index contributed by atoms with van der Waals surface area (Å²) in [6.45, 7) is 10.2. The zero-order valence-corrected chi connectivity index (χ0v) is 13.4. The van der Waals surface area contributed by atoms with E-state index in [9.17, 15) is 9.00 Å². The molecular weight excluding hydrogens is 256 g/mol. The van der Waals surface area contributed by atoms with Crippen LogP contribution in [0.2, 0.25) is 0 Å². The molecule has 106 valence electrons. The van der Waals surface area contributed by atoms with E-state index in [1.165, 1.54) is 5.56 Å². The van der Waals surface area contributed by atoms with Gasteiger partial charge in [-0.15, -0.1) is 0 Å². The molecule has 1 rings (SSSR count). The molecule has 3 heteroatoms. The molecule has 0 bridgehead atoms. The van der Waals surface area contributed by atoms with Gasteiger partial charge in [0.25, 0.3) is 0 Å². The molecule has 0 fully saturated rings. The predicted octanol–water partition coefficient (Wildman–Crippen LogP) is 3.59. The standard InChI is InChI=1S/C16H24O2S/c1-11(2)6-7-19(18)10-16(17)15-9-13(4)12(3)8-14(15)5/h8-9,11H,6-7,10H2,1-5H3. The van der Waals surface area contributed by atoms with Gasteiger partial charge in [0.05, 0.1) is 5.75 Å². The van der Waals surface area contributed by atoms with Gasteiger partial charge in [-0.05, 0) is 55.9 Å². The van der Waals surface area contributed by atoms with Crippen molar-refractivity contribution < 1.29 is 9.00 Å².